The van der Waals surface area contributed by atoms with Crippen LogP contribution < -0.4 is 5.32 Å². The first-order valence-corrected chi connectivity index (χ1v) is 8.54. The van der Waals surface area contributed by atoms with E-state index < -0.39 is 5.60 Å². The fourth-order valence-electron chi connectivity index (χ4n) is 3.67. The van der Waals surface area contributed by atoms with Crippen LogP contribution in [0, 0.1) is 5.41 Å². The second kappa shape index (κ2) is 6.16. The van der Waals surface area contributed by atoms with Crippen molar-refractivity contribution in [2.75, 3.05) is 0 Å². The van der Waals surface area contributed by atoms with Gasteiger partial charge in [0, 0.05) is 11.5 Å². The van der Waals surface area contributed by atoms with Crippen molar-refractivity contribution in [3.63, 3.8) is 0 Å². The monoisotopic (exact) mass is 317 g/mol. The van der Waals surface area contributed by atoms with Crippen LogP contribution in [0.5, 0.6) is 0 Å². The lowest BCUT2D eigenvalue weighted by molar-refractivity contribution is 0.0434. The SMILES string of the molecule is CC(C)(C)OC(=O)N[C@H]1CCC[C@]12C[C@@H]2OCc1ccccc1. The van der Waals surface area contributed by atoms with Crippen molar-refractivity contribution in [3.05, 3.63) is 35.9 Å². The third-order valence-corrected chi connectivity index (χ3v) is 4.86. The molecule has 1 spiro atoms. The summed E-state index contributed by atoms with van der Waals surface area (Å²) in [7, 11) is 0. The molecule has 2 aliphatic carbocycles. The molecule has 2 aliphatic rings. The van der Waals surface area contributed by atoms with E-state index in [0.717, 1.165) is 25.7 Å². The second-order valence-corrected chi connectivity index (χ2v) is 7.81. The molecule has 0 heterocycles. The van der Waals surface area contributed by atoms with Gasteiger partial charge in [-0.3, -0.25) is 0 Å². The molecule has 2 saturated carbocycles. The summed E-state index contributed by atoms with van der Waals surface area (Å²) in [6.45, 7) is 6.31. The lowest BCUT2D eigenvalue weighted by Crippen LogP contribution is -2.42. The van der Waals surface area contributed by atoms with Gasteiger partial charge in [0.2, 0.25) is 0 Å². The number of carbonyl (C=O) groups is 1. The number of amides is 1. The number of benzene rings is 1. The highest BCUT2D eigenvalue weighted by Gasteiger charge is 2.62. The largest absolute Gasteiger partial charge is 0.444 e. The molecule has 1 amide bonds. The van der Waals surface area contributed by atoms with Gasteiger partial charge in [-0.05, 0) is 45.6 Å². The van der Waals surface area contributed by atoms with Crippen molar-refractivity contribution in [2.45, 2.75) is 70.8 Å². The van der Waals surface area contributed by atoms with Gasteiger partial charge in [-0.15, -0.1) is 0 Å². The van der Waals surface area contributed by atoms with Gasteiger partial charge in [-0.1, -0.05) is 36.8 Å². The molecule has 0 radical (unpaired) electrons. The Bertz CT molecular complexity index is 551. The molecule has 3 atom stereocenters. The van der Waals surface area contributed by atoms with Crippen LogP contribution in [0.15, 0.2) is 30.3 Å². The van der Waals surface area contributed by atoms with E-state index in [4.69, 9.17) is 9.47 Å². The quantitative estimate of drug-likeness (QED) is 0.911. The molecule has 1 N–H and O–H groups in total. The molecular formula is C19H27NO3. The number of rotatable bonds is 4. The molecule has 3 rings (SSSR count). The van der Waals surface area contributed by atoms with Crippen LogP contribution in [0.25, 0.3) is 0 Å². The van der Waals surface area contributed by atoms with E-state index in [0.29, 0.717) is 6.61 Å². The Morgan fingerprint density at radius 2 is 2.04 bits per heavy atom. The number of nitrogens with one attached hydrogen (secondary N) is 1. The first-order chi connectivity index (χ1) is 10.9. The Labute approximate surface area is 138 Å². The van der Waals surface area contributed by atoms with Crippen molar-refractivity contribution >= 4 is 6.09 Å². The van der Waals surface area contributed by atoms with E-state index in [1.54, 1.807) is 0 Å². The van der Waals surface area contributed by atoms with Crippen LogP contribution in [0.1, 0.15) is 52.0 Å². The zero-order valence-corrected chi connectivity index (χ0v) is 14.3. The molecule has 126 valence electrons. The first-order valence-electron chi connectivity index (χ1n) is 8.54. The van der Waals surface area contributed by atoms with E-state index in [1.807, 2.05) is 39.0 Å². The highest BCUT2D eigenvalue weighted by Crippen LogP contribution is 2.59. The van der Waals surface area contributed by atoms with E-state index >= 15 is 0 Å². The van der Waals surface area contributed by atoms with Crippen molar-refractivity contribution in [1.82, 2.24) is 5.32 Å². The third-order valence-electron chi connectivity index (χ3n) is 4.86. The summed E-state index contributed by atoms with van der Waals surface area (Å²) in [6.07, 6.45) is 4.28. The van der Waals surface area contributed by atoms with Gasteiger partial charge in [0.15, 0.2) is 0 Å². The average molecular weight is 317 g/mol. The van der Waals surface area contributed by atoms with Gasteiger partial charge in [0.25, 0.3) is 0 Å². The van der Waals surface area contributed by atoms with Gasteiger partial charge in [0.05, 0.1) is 12.7 Å². The lowest BCUT2D eigenvalue weighted by atomic mass is 10.00. The Balaban J connectivity index is 1.52. The second-order valence-electron chi connectivity index (χ2n) is 7.81. The molecule has 0 saturated heterocycles. The number of carbonyl (C=O) groups excluding carboxylic acids is 1. The zero-order valence-electron chi connectivity index (χ0n) is 14.3. The summed E-state index contributed by atoms with van der Waals surface area (Å²) in [5.74, 6) is 0. The van der Waals surface area contributed by atoms with Gasteiger partial charge < -0.3 is 14.8 Å². The van der Waals surface area contributed by atoms with Gasteiger partial charge >= 0.3 is 6.09 Å². The van der Waals surface area contributed by atoms with Crippen molar-refractivity contribution < 1.29 is 14.3 Å². The molecule has 0 unspecified atom stereocenters. The molecule has 0 aliphatic heterocycles. The van der Waals surface area contributed by atoms with Gasteiger partial charge in [-0.25, -0.2) is 4.79 Å². The molecule has 2 fully saturated rings. The zero-order chi connectivity index (χ0) is 16.5. The summed E-state index contributed by atoms with van der Waals surface area (Å²) < 4.78 is 11.5. The maximum atomic E-state index is 12.0. The Kier molecular flexibility index (Phi) is 4.37. The summed E-state index contributed by atoms with van der Waals surface area (Å²) in [6, 6.07) is 10.4. The minimum absolute atomic E-state index is 0.131. The molecular weight excluding hydrogens is 290 g/mol. The van der Waals surface area contributed by atoms with E-state index in [-0.39, 0.29) is 23.7 Å². The summed E-state index contributed by atoms with van der Waals surface area (Å²) in [5, 5.41) is 3.08. The average Bonchev–Trinajstić information content (AvgIpc) is 3.03. The standard InChI is InChI=1S/C19H27NO3/c1-18(2,3)23-17(21)20-15-10-7-11-19(15)12-16(19)22-13-14-8-5-4-6-9-14/h4-6,8-9,15-16H,7,10-13H2,1-3H3,(H,20,21)/t15-,16-,19-/m0/s1. The van der Waals surface area contributed by atoms with E-state index in [2.05, 4.69) is 17.4 Å². The Morgan fingerprint density at radius 3 is 2.74 bits per heavy atom. The topological polar surface area (TPSA) is 47.6 Å². The van der Waals surface area contributed by atoms with Gasteiger partial charge in [-0.2, -0.15) is 0 Å². The molecule has 23 heavy (non-hydrogen) atoms. The van der Waals surface area contributed by atoms with Gasteiger partial charge in [0.1, 0.15) is 5.60 Å². The predicted molar refractivity (Wildman–Crippen MR) is 89.1 cm³/mol. The first kappa shape index (κ1) is 16.3. The highest BCUT2D eigenvalue weighted by molar-refractivity contribution is 5.68. The lowest BCUT2D eigenvalue weighted by Gasteiger charge is -2.25. The van der Waals surface area contributed by atoms with Crippen LogP contribution in [0.4, 0.5) is 4.79 Å². The molecule has 4 nitrogen and oxygen atoms in total. The summed E-state index contributed by atoms with van der Waals surface area (Å²) >= 11 is 0. The Morgan fingerprint density at radius 1 is 1.30 bits per heavy atom. The highest BCUT2D eigenvalue weighted by atomic mass is 16.6. The maximum Gasteiger partial charge on any atom is 0.407 e. The summed E-state index contributed by atoms with van der Waals surface area (Å²) in [4.78, 5) is 12.0. The van der Waals surface area contributed by atoms with Crippen LogP contribution in [0.2, 0.25) is 0 Å². The van der Waals surface area contributed by atoms with Crippen LogP contribution in [0.3, 0.4) is 0 Å². The number of ether oxygens (including phenoxy) is 2. The summed E-state index contributed by atoms with van der Waals surface area (Å²) in [5.41, 5.74) is 0.873. The smallest absolute Gasteiger partial charge is 0.407 e. The van der Waals surface area contributed by atoms with Crippen molar-refractivity contribution in [1.29, 1.82) is 0 Å². The fourth-order valence-corrected chi connectivity index (χ4v) is 3.67. The molecule has 1 aromatic rings. The maximum absolute atomic E-state index is 12.0. The normalized spacial score (nSPS) is 29.5. The molecule has 1 aromatic carbocycles. The fraction of sp³-hybridized carbons (Fsp3) is 0.632. The van der Waals surface area contributed by atoms with Crippen molar-refractivity contribution in [3.8, 4) is 0 Å². The van der Waals surface area contributed by atoms with Crippen LogP contribution >= 0.6 is 0 Å². The minimum atomic E-state index is -0.456. The Hall–Kier alpha value is -1.55. The minimum Gasteiger partial charge on any atom is -0.444 e. The van der Waals surface area contributed by atoms with Crippen LogP contribution in [-0.2, 0) is 16.1 Å². The number of alkyl carbamates (subject to hydrolysis) is 1. The molecule has 0 aromatic heterocycles. The molecule has 0 bridgehead atoms. The predicted octanol–water partition coefficient (Wildman–Crippen LogP) is 4.04. The van der Waals surface area contributed by atoms with Crippen molar-refractivity contribution in [2.24, 2.45) is 5.41 Å². The molecule has 4 heteroatoms. The van der Waals surface area contributed by atoms with Crippen LogP contribution in [-0.4, -0.2) is 23.8 Å². The van der Waals surface area contributed by atoms with E-state index in [1.165, 1.54) is 5.56 Å². The third kappa shape index (κ3) is 3.86. The number of hydrogen-bond acceptors (Lipinski definition) is 3. The van der Waals surface area contributed by atoms with E-state index in [9.17, 15) is 4.79 Å². The number of hydrogen-bond donors (Lipinski definition) is 1.